The van der Waals surface area contributed by atoms with Gasteiger partial charge in [-0.25, -0.2) is 9.37 Å². The minimum absolute atomic E-state index is 0.0855. The molecule has 25 heavy (non-hydrogen) atoms. The molecule has 1 aromatic carbocycles. The third-order valence-corrected chi connectivity index (χ3v) is 4.55. The van der Waals surface area contributed by atoms with Gasteiger partial charge in [0.1, 0.15) is 22.2 Å². The number of alkyl halides is 1. The standard InChI is InChI=1S/C18H19Cl2FN2O2/c1-24-15-4-2-12(3-5-15)8-23-9-14(21)10-25-11-16(23)13-6-17(19)22-18(20)7-13/h2-7,14,16H,8-11H2,1H3/t14-,16+/m1/s1. The summed E-state index contributed by atoms with van der Waals surface area (Å²) in [6.45, 7) is 1.31. The lowest BCUT2D eigenvalue weighted by Gasteiger charge is -2.30. The van der Waals surface area contributed by atoms with Crippen molar-refractivity contribution in [3.8, 4) is 5.75 Å². The lowest BCUT2D eigenvalue weighted by atomic mass is 10.1. The summed E-state index contributed by atoms with van der Waals surface area (Å²) in [6.07, 6.45) is -1.05. The number of hydrogen-bond donors (Lipinski definition) is 0. The molecule has 2 aromatic rings. The first-order valence-corrected chi connectivity index (χ1v) is 8.72. The van der Waals surface area contributed by atoms with Crippen LogP contribution >= 0.6 is 23.2 Å². The van der Waals surface area contributed by atoms with Crippen LogP contribution in [-0.4, -0.2) is 42.9 Å². The number of ether oxygens (including phenoxy) is 2. The fourth-order valence-electron chi connectivity index (χ4n) is 2.97. The molecule has 0 bridgehead atoms. The number of aromatic nitrogens is 1. The van der Waals surface area contributed by atoms with Crippen molar-refractivity contribution in [2.75, 3.05) is 26.9 Å². The van der Waals surface area contributed by atoms with E-state index in [1.807, 2.05) is 29.2 Å². The summed E-state index contributed by atoms with van der Waals surface area (Å²) in [7, 11) is 1.63. The number of rotatable bonds is 4. The van der Waals surface area contributed by atoms with Gasteiger partial charge in [-0.2, -0.15) is 0 Å². The van der Waals surface area contributed by atoms with Crippen LogP contribution in [0.25, 0.3) is 0 Å². The van der Waals surface area contributed by atoms with Crippen molar-refractivity contribution in [2.24, 2.45) is 0 Å². The molecule has 0 N–H and O–H groups in total. The lowest BCUT2D eigenvalue weighted by Crippen LogP contribution is -2.33. The van der Waals surface area contributed by atoms with Crippen LogP contribution in [0.5, 0.6) is 5.75 Å². The fourth-order valence-corrected chi connectivity index (χ4v) is 3.45. The molecule has 7 heteroatoms. The van der Waals surface area contributed by atoms with E-state index in [9.17, 15) is 4.39 Å². The maximum Gasteiger partial charge on any atom is 0.136 e. The Hall–Kier alpha value is -1.40. The Kier molecular flexibility index (Phi) is 6.12. The maximum atomic E-state index is 14.1. The molecule has 1 saturated heterocycles. The summed E-state index contributed by atoms with van der Waals surface area (Å²) in [5.41, 5.74) is 1.93. The van der Waals surface area contributed by atoms with Gasteiger partial charge in [0.15, 0.2) is 0 Å². The van der Waals surface area contributed by atoms with Gasteiger partial charge in [-0.05, 0) is 35.4 Å². The number of benzene rings is 1. The van der Waals surface area contributed by atoms with Gasteiger partial charge in [0.2, 0.25) is 0 Å². The van der Waals surface area contributed by atoms with Crippen molar-refractivity contribution in [3.63, 3.8) is 0 Å². The van der Waals surface area contributed by atoms with E-state index in [1.54, 1.807) is 19.2 Å². The first-order chi connectivity index (χ1) is 12.0. The minimum atomic E-state index is -1.05. The van der Waals surface area contributed by atoms with Crippen LogP contribution in [0.15, 0.2) is 36.4 Å². The summed E-state index contributed by atoms with van der Waals surface area (Å²) in [5, 5.41) is 0.626. The maximum absolute atomic E-state index is 14.1. The Bertz CT molecular complexity index is 694. The second-order valence-corrected chi connectivity index (χ2v) is 6.75. The molecule has 1 aliphatic heterocycles. The number of methoxy groups -OCH3 is 1. The van der Waals surface area contributed by atoms with E-state index in [-0.39, 0.29) is 19.2 Å². The predicted octanol–water partition coefficient (Wildman–Crippen LogP) is 4.31. The molecular weight excluding hydrogens is 366 g/mol. The van der Waals surface area contributed by atoms with Crippen molar-refractivity contribution in [2.45, 2.75) is 18.8 Å². The molecule has 0 spiro atoms. The highest BCUT2D eigenvalue weighted by atomic mass is 35.5. The van der Waals surface area contributed by atoms with Gasteiger partial charge in [0.05, 0.1) is 26.4 Å². The van der Waals surface area contributed by atoms with Crippen LogP contribution in [0.1, 0.15) is 17.2 Å². The molecule has 0 saturated carbocycles. The van der Waals surface area contributed by atoms with Gasteiger partial charge in [-0.3, -0.25) is 4.90 Å². The van der Waals surface area contributed by atoms with E-state index in [2.05, 4.69) is 4.98 Å². The van der Waals surface area contributed by atoms with E-state index in [0.717, 1.165) is 16.9 Å². The Morgan fingerprint density at radius 1 is 1.20 bits per heavy atom. The molecule has 0 amide bonds. The van der Waals surface area contributed by atoms with Crippen molar-refractivity contribution in [3.05, 3.63) is 57.8 Å². The summed E-state index contributed by atoms with van der Waals surface area (Å²) in [4.78, 5) is 6.02. The Labute approximate surface area is 156 Å². The molecule has 3 rings (SSSR count). The smallest absolute Gasteiger partial charge is 0.136 e. The minimum Gasteiger partial charge on any atom is -0.497 e. The predicted molar refractivity (Wildman–Crippen MR) is 96.1 cm³/mol. The normalized spacial score (nSPS) is 21.8. The highest BCUT2D eigenvalue weighted by Crippen LogP contribution is 2.29. The van der Waals surface area contributed by atoms with Gasteiger partial charge in [0.25, 0.3) is 0 Å². The fraction of sp³-hybridized carbons (Fsp3) is 0.389. The molecule has 4 nitrogen and oxygen atoms in total. The van der Waals surface area contributed by atoms with Crippen LogP contribution < -0.4 is 4.74 Å². The third kappa shape index (κ3) is 4.82. The molecule has 1 fully saturated rings. The van der Waals surface area contributed by atoms with Crippen LogP contribution in [-0.2, 0) is 11.3 Å². The molecule has 2 atom stereocenters. The van der Waals surface area contributed by atoms with Crippen LogP contribution in [0.2, 0.25) is 10.3 Å². The first kappa shape index (κ1) is 18.4. The average molecular weight is 385 g/mol. The molecule has 134 valence electrons. The zero-order valence-corrected chi connectivity index (χ0v) is 15.3. The van der Waals surface area contributed by atoms with E-state index in [0.29, 0.717) is 23.5 Å². The highest BCUT2D eigenvalue weighted by molar-refractivity contribution is 6.32. The summed E-state index contributed by atoms with van der Waals surface area (Å²) in [5.74, 6) is 0.788. The van der Waals surface area contributed by atoms with Crippen molar-refractivity contribution in [1.82, 2.24) is 9.88 Å². The average Bonchev–Trinajstić information content (AvgIpc) is 2.76. The van der Waals surface area contributed by atoms with E-state index in [1.165, 1.54) is 0 Å². The molecule has 0 unspecified atom stereocenters. The Morgan fingerprint density at radius 3 is 2.52 bits per heavy atom. The Morgan fingerprint density at radius 2 is 1.88 bits per heavy atom. The van der Waals surface area contributed by atoms with E-state index < -0.39 is 6.17 Å². The van der Waals surface area contributed by atoms with Gasteiger partial charge in [-0.1, -0.05) is 35.3 Å². The third-order valence-electron chi connectivity index (χ3n) is 4.16. The highest BCUT2D eigenvalue weighted by Gasteiger charge is 2.28. The molecule has 0 radical (unpaired) electrons. The molecular formula is C18H19Cl2FN2O2. The van der Waals surface area contributed by atoms with Gasteiger partial charge in [-0.15, -0.1) is 0 Å². The first-order valence-electron chi connectivity index (χ1n) is 7.97. The van der Waals surface area contributed by atoms with Gasteiger partial charge < -0.3 is 9.47 Å². The van der Waals surface area contributed by atoms with E-state index >= 15 is 0 Å². The van der Waals surface area contributed by atoms with Crippen molar-refractivity contribution in [1.29, 1.82) is 0 Å². The quantitative estimate of drug-likeness (QED) is 0.735. The second kappa shape index (κ2) is 8.32. The molecule has 0 aliphatic carbocycles. The largest absolute Gasteiger partial charge is 0.497 e. The van der Waals surface area contributed by atoms with Crippen LogP contribution in [0.4, 0.5) is 4.39 Å². The van der Waals surface area contributed by atoms with Gasteiger partial charge >= 0.3 is 0 Å². The monoisotopic (exact) mass is 384 g/mol. The van der Waals surface area contributed by atoms with Crippen LogP contribution in [0, 0.1) is 0 Å². The molecule has 1 aromatic heterocycles. The van der Waals surface area contributed by atoms with Crippen molar-refractivity contribution < 1.29 is 13.9 Å². The summed E-state index contributed by atoms with van der Waals surface area (Å²) >= 11 is 12.1. The van der Waals surface area contributed by atoms with Gasteiger partial charge in [0, 0.05) is 13.1 Å². The topological polar surface area (TPSA) is 34.6 Å². The number of hydrogen-bond acceptors (Lipinski definition) is 4. The second-order valence-electron chi connectivity index (χ2n) is 5.97. The number of pyridine rings is 1. The summed E-state index contributed by atoms with van der Waals surface area (Å²) < 4.78 is 24.8. The number of nitrogens with zero attached hydrogens (tertiary/aromatic N) is 2. The number of halogens is 3. The SMILES string of the molecule is COc1ccc(CN2C[C@@H](F)COC[C@H]2c2cc(Cl)nc(Cl)c2)cc1. The van der Waals surface area contributed by atoms with Crippen molar-refractivity contribution >= 4 is 23.2 Å². The zero-order valence-electron chi connectivity index (χ0n) is 13.8. The zero-order chi connectivity index (χ0) is 17.8. The van der Waals surface area contributed by atoms with E-state index in [4.69, 9.17) is 32.7 Å². The molecule has 1 aliphatic rings. The molecule has 2 heterocycles. The Balaban J connectivity index is 1.87. The van der Waals surface area contributed by atoms with Crippen LogP contribution in [0.3, 0.4) is 0 Å². The lowest BCUT2D eigenvalue weighted by molar-refractivity contribution is 0.0863. The summed E-state index contributed by atoms with van der Waals surface area (Å²) in [6, 6.07) is 11.1.